The van der Waals surface area contributed by atoms with E-state index in [1.54, 1.807) is 11.6 Å². The number of hydrogen-bond acceptors (Lipinski definition) is 5. The topological polar surface area (TPSA) is 79.4 Å². The van der Waals surface area contributed by atoms with E-state index in [9.17, 15) is 9.59 Å². The van der Waals surface area contributed by atoms with E-state index >= 15 is 0 Å². The van der Waals surface area contributed by atoms with Gasteiger partial charge in [0.15, 0.2) is 0 Å². The molecule has 2 aliphatic rings. The Labute approximate surface area is 152 Å². The molecule has 1 aromatic heterocycles. The second-order valence-corrected chi connectivity index (χ2v) is 7.54. The molecule has 0 amide bonds. The fraction of sp³-hybridized carbons (Fsp3) is 0.579. The van der Waals surface area contributed by atoms with Crippen LogP contribution in [0.5, 0.6) is 0 Å². The van der Waals surface area contributed by atoms with Gasteiger partial charge in [0.2, 0.25) is 0 Å². The number of piperidine rings is 2. The van der Waals surface area contributed by atoms with Gasteiger partial charge in [-0.15, -0.1) is 0 Å². The third kappa shape index (κ3) is 2.61. The number of aromatic nitrogens is 2. The van der Waals surface area contributed by atoms with Crippen molar-refractivity contribution in [3.63, 3.8) is 0 Å². The zero-order valence-corrected chi connectivity index (χ0v) is 15.4. The van der Waals surface area contributed by atoms with Crippen molar-refractivity contribution in [1.29, 1.82) is 0 Å². The van der Waals surface area contributed by atoms with Gasteiger partial charge >= 0.3 is 11.7 Å². The highest BCUT2D eigenvalue weighted by molar-refractivity contribution is 5.89. The number of methoxy groups -OCH3 is 1. The van der Waals surface area contributed by atoms with Crippen LogP contribution >= 0.6 is 0 Å². The minimum absolute atomic E-state index is 0.0206. The van der Waals surface area contributed by atoms with E-state index in [1.807, 2.05) is 12.1 Å². The minimum Gasteiger partial charge on any atom is -0.469 e. The molecule has 2 saturated heterocycles. The van der Waals surface area contributed by atoms with Crippen LogP contribution in [0.1, 0.15) is 19.3 Å². The predicted octanol–water partition coefficient (Wildman–Crippen LogP) is 1.24. The van der Waals surface area contributed by atoms with Crippen LogP contribution in [0, 0.1) is 11.3 Å². The SMILES string of the molecule is COC(=O)C1CNCCC12CCN(c1cccc3[nH]c(=O)n(C)c13)CC2. The number of aromatic amines is 1. The molecule has 1 atom stereocenters. The summed E-state index contributed by atoms with van der Waals surface area (Å²) >= 11 is 0. The number of H-pyrrole nitrogens is 1. The first-order valence-electron chi connectivity index (χ1n) is 9.27. The van der Waals surface area contributed by atoms with Gasteiger partial charge in [-0.1, -0.05) is 6.07 Å². The van der Waals surface area contributed by atoms with E-state index in [1.165, 1.54) is 7.11 Å². The van der Waals surface area contributed by atoms with Gasteiger partial charge in [-0.05, 0) is 43.4 Å². The molecule has 140 valence electrons. The molecular weight excluding hydrogens is 332 g/mol. The van der Waals surface area contributed by atoms with Gasteiger partial charge in [0.1, 0.15) is 0 Å². The summed E-state index contributed by atoms with van der Waals surface area (Å²) in [5, 5.41) is 3.34. The lowest BCUT2D eigenvalue weighted by molar-refractivity contribution is -0.152. The molecule has 2 aromatic rings. The second kappa shape index (κ2) is 6.46. The van der Waals surface area contributed by atoms with Crippen molar-refractivity contribution in [3.05, 3.63) is 28.7 Å². The van der Waals surface area contributed by atoms with Gasteiger partial charge < -0.3 is 19.9 Å². The second-order valence-electron chi connectivity index (χ2n) is 7.54. The molecule has 7 heteroatoms. The molecule has 1 spiro atoms. The van der Waals surface area contributed by atoms with E-state index < -0.39 is 0 Å². The van der Waals surface area contributed by atoms with Crippen LogP contribution in [0.2, 0.25) is 0 Å². The summed E-state index contributed by atoms with van der Waals surface area (Å²) < 4.78 is 6.75. The fourth-order valence-electron chi connectivity index (χ4n) is 4.78. The smallest absolute Gasteiger partial charge is 0.326 e. The predicted molar refractivity (Wildman–Crippen MR) is 100 cm³/mol. The highest BCUT2D eigenvalue weighted by atomic mass is 16.5. The number of anilines is 1. The number of carbonyl (C=O) groups is 1. The highest BCUT2D eigenvalue weighted by Gasteiger charge is 2.47. The van der Waals surface area contributed by atoms with Gasteiger partial charge in [-0.2, -0.15) is 0 Å². The van der Waals surface area contributed by atoms with Crippen LogP contribution in [-0.4, -0.2) is 48.8 Å². The summed E-state index contributed by atoms with van der Waals surface area (Å²) in [6.45, 7) is 3.42. The van der Waals surface area contributed by atoms with Crippen LogP contribution in [0.4, 0.5) is 5.69 Å². The Morgan fingerprint density at radius 3 is 2.77 bits per heavy atom. The third-order valence-corrected chi connectivity index (χ3v) is 6.37. The van der Waals surface area contributed by atoms with Crippen LogP contribution in [0.25, 0.3) is 11.0 Å². The number of nitrogens with zero attached hydrogens (tertiary/aromatic N) is 2. The van der Waals surface area contributed by atoms with Gasteiger partial charge in [0.25, 0.3) is 0 Å². The Balaban J connectivity index is 1.61. The van der Waals surface area contributed by atoms with E-state index in [4.69, 9.17) is 4.74 Å². The Bertz CT molecular complexity index is 877. The normalized spacial score (nSPS) is 22.7. The number of imidazole rings is 1. The summed E-state index contributed by atoms with van der Waals surface area (Å²) in [5.74, 6) is -0.170. The molecular formula is C19H26N4O3. The average molecular weight is 358 g/mol. The summed E-state index contributed by atoms with van der Waals surface area (Å²) in [5.41, 5.74) is 2.83. The van der Waals surface area contributed by atoms with Gasteiger partial charge in [-0.3, -0.25) is 9.36 Å². The number of ether oxygens (including phenoxy) is 1. The van der Waals surface area contributed by atoms with Crippen molar-refractivity contribution in [3.8, 4) is 0 Å². The summed E-state index contributed by atoms with van der Waals surface area (Å²) in [7, 11) is 3.28. The fourth-order valence-corrected chi connectivity index (χ4v) is 4.78. The first-order valence-corrected chi connectivity index (χ1v) is 9.27. The number of nitrogens with one attached hydrogen (secondary N) is 2. The molecule has 2 fully saturated rings. The number of fused-ring (bicyclic) bond motifs is 1. The van der Waals surface area contributed by atoms with Crippen LogP contribution < -0.4 is 15.9 Å². The van der Waals surface area contributed by atoms with E-state index in [2.05, 4.69) is 21.3 Å². The first-order chi connectivity index (χ1) is 12.6. The summed E-state index contributed by atoms with van der Waals surface area (Å²) in [6.07, 6.45) is 2.93. The number of para-hydroxylation sites is 1. The number of carbonyl (C=O) groups excluding carboxylic acids is 1. The summed E-state index contributed by atoms with van der Waals surface area (Å²) in [6, 6.07) is 6.00. The maximum atomic E-state index is 12.3. The Morgan fingerprint density at radius 2 is 2.04 bits per heavy atom. The van der Waals surface area contributed by atoms with Gasteiger partial charge in [-0.25, -0.2) is 4.79 Å². The maximum Gasteiger partial charge on any atom is 0.326 e. The number of hydrogen-bond donors (Lipinski definition) is 2. The summed E-state index contributed by atoms with van der Waals surface area (Å²) in [4.78, 5) is 29.5. The molecule has 4 rings (SSSR count). The lowest BCUT2D eigenvalue weighted by Crippen LogP contribution is -2.54. The molecule has 0 saturated carbocycles. The van der Waals surface area contributed by atoms with Crippen molar-refractivity contribution in [2.45, 2.75) is 19.3 Å². The zero-order chi connectivity index (χ0) is 18.3. The number of benzene rings is 1. The monoisotopic (exact) mass is 358 g/mol. The standard InChI is InChI=1S/C19H26N4O3/c1-22-16-14(21-18(22)25)4-3-5-15(16)23-10-7-19(8-11-23)6-9-20-12-13(19)17(24)26-2/h3-5,13,20H,6-12H2,1-2H3,(H,21,25). The van der Waals surface area contributed by atoms with Crippen molar-refractivity contribution in [1.82, 2.24) is 14.9 Å². The molecule has 3 heterocycles. The number of esters is 1. The first kappa shape index (κ1) is 17.1. The van der Waals surface area contributed by atoms with Crippen LogP contribution in [0.3, 0.4) is 0 Å². The third-order valence-electron chi connectivity index (χ3n) is 6.37. The van der Waals surface area contributed by atoms with Crippen molar-refractivity contribution >= 4 is 22.7 Å². The van der Waals surface area contributed by atoms with E-state index in [0.29, 0.717) is 6.54 Å². The van der Waals surface area contributed by atoms with E-state index in [0.717, 1.165) is 55.6 Å². The molecule has 0 aliphatic carbocycles. The Hall–Kier alpha value is -2.28. The largest absolute Gasteiger partial charge is 0.469 e. The number of rotatable bonds is 2. The maximum absolute atomic E-state index is 12.3. The van der Waals surface area contributed by atoms with Crippen molar-refractivity contribution in [2.24, 2.45) is 18.4 Å². The molecule has 2 aliphatic heterocycles. The van der Waals surface area contributed by atoms with Crippen molar-refractivity contribution < 1.29 is 9.53 Å². The Morgan fingerprint density at radius 1 is 1.27 bits per heavy atom. The molecule has 26 heavy (non-hydrogen) atoms. The molecule has 0 bridgehead atoms. The van der Waals surface area contributed by atoms with Crippen LogP contribution in [0.15, 0.2) is 23.0 Å². The lowest BCUT2D eigenvalue weighted by Gasteiger charge is -2.48. The Kier molecular flexibility index (Phi) is 4.26. The molecule has 1 aromatic carbocycles. The quantitative estimate of drug-likeness (QED) is 0.790. The van der Waals surface area contributed by atoms with E-state index in [-0.39, 0.29) is 23.0 Å². The molecule has 7 nitrogen and oxygen atoms in total. The zero-order valence-electron chi connectivity index (χ0n) is 15.4. The minimum atomic E-state index is -0.0965. The molecule has 2 N–H and O–H groups in total. The molecule has 0 radical (unpaired) electrons. The lowest BCUT2D eigenvalue weighted by atomic mass is 9.65. The molecule has 1 unspecified atom stereocenters. The van der Waals surface area contributed by atoms with Gasteiger partial charge in [0, 0.05) is 26.7 Å². The number of aryl methyl sites for hydroxylation is 1. The van der Waals surface area contributed by atoms with Gasteiger partial charge in [0.05, 0.1) is 29.7 Å². The van der Waals surface area contributed by atoms with Crippen LogP contribution in [-0.2, 0) is 16.6 Å². The van der Waals surface area contributed by atoms with Crippen molar-refractivity contribution in [2.75, 3.05) is 38.2 Å². The average Bonchev–Trinajstić information content (AvgIpc) is 2.96. The highest BCUT2D eigenvalue weighted by Crippen LogP contribution is 2.45.